The number of hydrogen-bond donors (Lipinski definition) is 0. The number of nitrogens with zero attached hydrogens (tertiary/aromatic N) is 1. The Labute approximate surface area is 127 Å². The van der Waals surface area contributed by atoms with Crippen molar-refractivity contribution >= 4 is 5.91 Å². The molecule has 0 N–H and O–H groups in total. The van der Waals surface area contributed by atoms with Crippen LogP contribution in [0, 0.1) is 0 Å². The van der Waals surface area contributed by atoms with E-state index in [-0.39, 0.29) is 12.0 Å². The highest BCUT2D eigenvalue weighted by molar-refractivity contribution is 5.94. The number of carbonyl (C=O) groups excluding carboxylic acids is 1. The van der Waals surface area contributed by atoms with E-state index < -0.39 is 0 Å². The quantitative estimate of drug-likeness (QED) is 0.775. The first kappa shape index (κ1) is 15.8. The van der Waals surface area contributed by atoms with Gasteiger partial charge in [0.15, 0.2) is 0 Å². The Morgan fingerprint density at radius 2 is 2.14 bits per heavy atom. The van der Waals surface area contributed by atoms with Crippen molar-refractivity contribution in [3.63, 3.8) is 0 Å². The molecule has 0 saturated carbocycles. The molecule has 1 aromatic rings. The van der Waals surface area contributed by atoms with E-state index in [2.05, 4.69) is 6.92 Å². The number of amides is 1. The van der Waals surface area contributed by atoms with Gasteiger partial charge in [-0.15, -0.1) is 0 Å². The van der Waals surface area contributed by atoms with Crippen molar-refractivity contribution in [1.29, 1.82) is 0 Å². The standard InChI is InChI=1S/C17H25NO3/c1-3-4-11-18(2)17(19)14-7-9-15(10-8-14)21-13-16-6-5-12-20-16/h7-10,16H,3-6,11-13H2,1-2H3. The van der Waals surface area contributed by atoms with E-state index in [1.807, 2.05) is 31.3 Å². The van der Waals surface area contributed by atoms with Gasteiger partial charge in [0.2, 0.25) is 0 Å². The molecule has 0 aromatic heterocycles. The number of ether oxygens (including phenoxy) is 2. The van der Waals surface area contributed by atoms with Crippen LogP contribution in [0.3, 0.4) is 0 Å². The maximum absolute atomic E-state index is 12.2. The van der Waals surface area contributed by atoms with Gasteiger partial charge in [0.1, 0.15) is 12.4 Å². The molecule has 0 aliphatic carbocycles. The van der Waals surface area contributed by atoms with Crippen LogP contribution in [0.5, 0.6) is 5.75 Å². The average Bonchev–Trinajstić information content (AvgIpc) is 3.04. The third-order valence-corrected chi connectivity index (χ3v) is 3.75. The van der Waals surface area contributed by atoms with Crippen molar-refractivity contribution in [2.45, 2.75) is 38.7 Å². The topological polar surface area (TPSA) is 38.8 Å². The molecule has 4 nitrogen and oxygen atoms in total. The third-order valence-electron chi connectivity index (χ3n) is 3.75. The Morgan fingerprint density at radius 3 is 2.76 bits per heavy atom. The summed E-state index contributed by atoms with van der Waals surface area (Å²) in [6.07, 6.45) is 4.52. The van der Waals surface area contributed by atoms with Crippen molar-refractivity contribution in [1.82, 2.24) is 4.90 Å². The maximum atomic E-state index is 12.2. The number of rotatable bonds is 7. The number of unbranched alkanes of at least 4 members (excludes halogenated alkanes) is 1. The fourth-order valence-corrected chi connectivity index (χ4v) is 2.38. The maximum Gasteiger partial charge on any atom is 0.253 e. The van der Waals surface area contributed by atoms with E-state index in [0.29, 0.717) is 12.2 Å². The number of benzene rings is 1. The molecule has 1 fully saturated rings. The molecule has 1 heterocycles. The predicted octanol–water partition coefficient (Wildman–Crippen LogP) is 3.12. The molecule has 21 heavy (non-hydrogen) atoms. The summed E-state index contributed by atoms with van der Waals surface area (Å²) in [5, 5.41) is 0. The molecule has 1 aromatic carbocycles. The van der Waals surface area contributed by atoms with Crippen molar-refractivity contribution in [3.8, 4) is 5.75 Å². The van der Waals surface area contributed by atoms with E-state index in [4.69, 9.17) is 9.47 Å². The van der Waals surface area contributed by atoms with E-state index in [1.165, 1.54) is 0 Å². The number of carbonyl (C=O) groups is 1. The Balaban J connectivity index is 1.84. The second-order valence-corrected chi connectivity index (χ2v) is 5.55. The summed E-state index contributed by atoms with van der Waals surface area (Å²) >= 11 is 0. The van der Waals surface area contributed by atoms with Crippen molar-refractivity contribution in [2.75, 3.05) is 26.8 Å². The summed E-state index contributed by atoms with van der Waals surface area (Å²) in [5.41, 5.74) is 0.707. The largest absolute Gasteiger partial charge is 0.491 e. The minimum Gasteiger partial charge on any atom is -0.491 e. The first-order chi connectivity index (χ1) is 10.2. The fraction of sp³-hybridized carbons (Fsp3) is 0.588. The monoisotopic (exact) mass is 291 g/mol. The van der Waals surface area contributed by atoms with Crippen LogP contribution < -0.4 is 4.74 Å². The highest BCUT2D eigenvalue weighted by Gasteiger charge is 2.16. The summed E-state index contributed by atoms with van der Waals surface area (Å²) in [5.74, 6) is 0.854. The summed E-state index contributed by atoms with van der Waals surface area (Å²) in [6, 6.07) is 7.37. The average molecular weight is 291 g/mol. The second-order valence-electron chi connectivity index (χ2n) is 5.55. The summed E-state index contributed by atoms with van der Waals surface area (Å²) in [6.45, 7) is 4.35. The molecular weight excluding hydrogens is 266 g/mol. The highest BCUT2D eigenvalue weighted by Crippen LogP contribution is 2.17. The van der Waals surface area contributed by atoms with Crippen LogP contribution in [0.25, 0.3) is 0 Å². The van der Waals surface area contributed by atoms with Crippen LogP contribution in [0.15, 0.2) is 24.3 Å². The van der Waals surface area contributed by atoms with Crippen LogP contribution in [0.1, 0.15) is 43.0 Å². The zero-order valence-corrected chi connectivity index (χ0v) is 13.0. The lowest BCUT2D eigenvalue weighted by atomic mass is 10.2. The Bertz CT molecular complexity index is 438. The first-order valence-corrected chi connectivity index (χ1v) is 7.80. The van der Waals surface area contributed by atoms with Crippen LogP contribution in [-0.2, 0) is 4.74 Å². The van der Waals surface area contributed by atoms with Crippen molar-refractivity contribution in [2.24, 2.45) is 0 Å². The fourth-order valence-electron chi connectivity index (χ4n) is 2.38. The van der Waals surface area contributed by atoms with Gasteiger partial charge in [-0.1, -0.05) is 13.3 Å². The van der Waals surface area contributed by atoms with Crippen LogP contribution >= 0.6 is 0 Å². The summed E-state index contributed by atoms with van der Waals surface area (Å²) in [7, 11) is 1.85. The van der Waals surface area contributed by atoms with E-state index in [1.54, 1.807) is 4.90 Å². The zero-order valence-electron chi connectivity index (χ0n) is 13.0. The van der Waals surface area contributed by atoms with Gasteiger partial charge in [0, 0.05) is 25.8 Å². The zero-order chi connectivity index (χ0) is 15.1. The van der Waals surface area contributed by atoms with Crippen LogP contribution in [0.4, 0.5) is 0 Å². The molecule has 0 radical (unpaired) electrons. The molecule has 1 amide bonds. The lowest BCUT2D eigenvalue weighted by Crippen LogP contribution is -2.27. The molecule has 1 aliphatic heterocycles. The van der Waals surface area contributed by atoms with Crippen LogP contribution in [0.2, 0.25) is 0 Å². The minimum absolute atomic E-state index is 0.0640. The highest BCUT2D eigenvalue weighted by atomic mass is 16.5. The van der Waals surface area contributed by atoms with Gasteiger partial charge < -0.3 is 14.4 Å². The van der Waals surface area contributed by atoms with Gasteiger partial charge in [-0.25, -0.2) is 0 Å². The SMILES string of the molecule is CCCCN(C)C(=O)c1ccc(OCC2CCCO2)cc1. The van der Waals surface area contributed by atoms with Crippen molar-refractivity contribution < 1.29 is 14.3 Å². The molecule has 116 valence electrons. The molecule has 1 aliphatic rings. The molecule has 2 rings (SSSR count). The van der Waals surface area contributed by atoms with Crippen molar-refractivity contribution in [3.05, 3.63) is 29.8 Å². The molecule has 1 unspecified atom stereocenters. The first-order valence-electron chi connectivity index (χ1n) is 7.80. The second kappa shape index (κ2) is 8.03. The molecule has 0 bridgehead atoms. The summed E-state index contributed by atoms with van der Waals surface area (Å²) < 4.78 is 11.2. The normalized spacial score (nSPS) is 17.7. The van der Waals surface area contributed by atoms with Gasteiger partial charge in [0.25, 0.3) is 5.91 Å². The van der Waals surface area contributed by atoms with Gasteiger partial charge >= 0.3 is 0 Å². The van der Waals surface area contributed by atoms with Crippen LogP contribution in [-0.4, -0.2) is 43.7 Å². The number of hydrogen-bond acceptors (Lipinski definition) is 3. The molecule has 0 spiro atoms. The van der Waals surface area contributed by atoms with E-state index in [0.717, 1.165) is 44.6 Å². The smallest absolute Gasteiger partial charge is 0.253 e. The molecule has 4 heteroatoms. The molecule has 1 saturated heterocycles. The van der Waals surface area contributed by atoms with E-state index >= 15 is 0 Å². The van der Waals surface area contributed by atoms with Gasteiger partial charge in [-0.05, 0) is 43.5 Å². The van der Waals surface area contributed by atoms with Gasteiger partial charge in [-0.3, -0.25) is 4.79 Å². The van der Waals surface area contributed by atoms with Gasteiger partial charge in [-0.2, -0.15) is 0 Å². The Kier molecular flexibility index (Phi) is 6.05. The van der Waals surface area contributed by atoms with E-state index in [9.17, 15) is 4.79 Å². The lowest BCUT2D eigenvalue weighted by molar-refractivity contribution is 0.0679. The minimum atomic E-state index is 0.0640. The molecule has 1 atom stereocenters. The third kappa shape index (κ3) is 4.74. The molecular formula is C17H25NO3. The van der Waals surface area contributed by atoms with Gasteiger partial charge in [0.05, 0.1) is 6.10 Å². The lowest BCUT2D eigenvalue weighted by Gasteiger charge is -2.17. The Hall–Kier alpha value is -1.55. The Morgan fingerprint density at radius 1 is 1.38 bits per heavy atom. The summed E-state index contributed by atoms with van der Waals surface area (Å²) in [4.78, 5) is 14.0. The predicted molar refractivity (Wildman–Crippen MR) is 82.8 cm³/mol.